The fourth-order valence-corrected chi connectivity index (χ4v) is 2.43. The van der Waals surface area contributed by atoms with Crippen LogP contribution in [0, 0.1) is 0 Å². The second kappa shape index (κ2) is 5.02. The number of hydrogen-bond acceptors (Lipinski definition) is 5. The lowest BCUT2D eigenvalue weighted by Gasteiger charge is -2.49. The molecule has 98 valence electrons. The van der Waals surface area contributed by atoms with Crippen molar-refractivity contribution in [2.24, 2.45) is 0 Å². The van der Waals surface area contributed by atoms with Crippen LogP contribution in [-0.4, -0.2) is 54.4 Å². The quantitative estimate of drug-likeness (QED) is 0.733. The third kappa shape index (κ3) is 2.36. The van der Waals surface area contributed by atoms with E-state index in [1.807, 2.05) is 7.05 Å². The average molecular weight is 248 g/mol. The molecule has 0 saturated heterocycles. The minimum absolute atomic E-state index is 0.251. The largest absolute Gasteiger partial charge is 0.342 e. The Morgan fingerprint density at radius 2 is 1.89 bits per heavy atom. The highest BCUT2D eigenvalue weighted by Gasteiger charge is 2.40. The molecule has 18 heavy (non-hydrogen) atoms. The van der Waals surface area contributed by atoms with Gasteiger partial charge in [0.15, 0.2) is 6.29 Å². The van der Waals surface area contributed by atoms with Crippen LogP contribution in [0.25, 0.3) is 0 Å². The zero-order valence-corrected chi connectivity index (χ0v) is 11.3. The molecule has 0 atom stereocenters. The molecular weight excluding hydrogens is 228 g/mol. The van der Waals surface area contributed by atoms with E-state index in [-0.39, 0.29) is 5.54 Å². The van der Waals surface area contributed by atoms with Gasteiger partial charge in [0.25, 0.3) is 0 Å². The molecule has 1 aromatic heterocycles. The summed E-state index contributed by atoms with van der Waals surface area (Å²) in [5.74, 6) is 0.675. The summed E-state index contributed by atoms with van der Waals surface area (Å²) in [4.78, 5) is 23.4. The molecule has 0 spiro atoms. The number of hydrogen-bond donors (Lipinski definition) is 0. The third-order valence-electron chi connectivity index (χ3n) is 3.90. The van der Waals surface area contributed by atoms with Crippen LogP contribution >= 0.6 is 0 Å². The molecule has 5 nitrogen and oxygen atoms in total. The van der Waals surface area contributed by atoms with Crippen LogP contribution in [0.5, 0.6) is 0 Å². The molecule has 0 aliphatic heterocycles. The monoisotopic (exact) mass is 248 g/mol. The smallest absolute Gasteiger partial charge is 0.225 e. The Kier molecular flexibility index (Phi) is 3.61. The number of aromatic nitrogens is 2. The Labute approximate surface area is 108 Å². The SMILES string of the molecule is CN(CC1(N(C)C)CCC1)c1ncc(C=O)cn1. The molecule has 0 unspecified atom stereocenters. The second-order valence-corrected chi connectivity index (χ2v) is 5.26. The lowest BCUT2D eigenvalue weighted by atomic mass is 9.75. The zero-order valence-electron chi connectivity index (χ0n) is 11.3. The summed E-state index contributed by atoms with van der Waals surface area (Å²) in [6.45, 7) is 0.917. The predicted octanol–water partition coefficient (Wildman–Crippen LogP) is 1.21. The van der Waals surface area contributed by atoms with Gasteiger partial charge >= 0.3 is 0 Å². The predicted molar refractivity (Wildman–Crippen MR) is 71.0 cm³/mol. The van der Waals surface area contributed by atoms with Crippen molar-refractivity contribution in [1.82, 2.24) is 14.9 Å². The standard InChI is InChI=1S/C13H20N4O/c1-16(2)13(5-4-6-13)10-17(3)12-14-7-11(9-18)8-15-12/h7-9H,4-6,10H2,1-3H3. The highest BCUT2D eigenvalue weighted by molar-refractivity contribution is 5.73. The van der Waals surface area contributed by atoms with Gasteiger partial charge in [0.2, 0.25) is 5.95 Å². The maximum atomic E-state index is 10.6. The summed E-state index contributed by atoms with van der Waals surface area (Å²) >= 11 is 0. The Balaban J connectivity index is 2.06. The molecule has 1 aliphatic carbocycles. The van der Waals surface area contributed by atoms with Crippen LogP contribution in [0.4, 0.5) is 5.95 Å². The highest BCUT2D eigenvalue weighted by atomic mass is 16.1. The number of anilines is 1. The fraction of sp³-hybridized carbons (Fsp3) is 0.615. The van der Waals surface area contributed by atoms with Crippen LogP contribution in [-0.2, 0) is 0 Å². The van der Waals surface area contributed by atoms with Crippen molar-refractivity contribution in [3.8, 4) is 0 Å². The van der Waals surface area contributed by atoms with Crippen molar-refractivity contribution < 1.29 is 4.79 Å². The van der Waals surface area contributed by atoms with Gasteiger partial charge in [-0.05, 0) is 33.4 Å². The highest BCUT2D eigenvalue weighted by Crippen LogP contribution is 2.36. The third-order valence-corrected chi connectivity index (χ3v) is 3.90. The Bertz CT molecular complexity index is 412. The topological polar surface area (TPSA) is 49.3 Å². The molecule has 0 aromatic carbocycles. The number of likely N-dealkylation sites (N-methyl/N-ethyl adjacent to an activating group) is 2. The van der Waals surface area contributed by atoms with Gasteiger partial charge in [-0.2, -0.15) is 0 Å². The lowest BCUT2D eigenvalue weighted by Crippen LogP contribution is -2.57. The first-order chi connectivity index (χ1) is 8.57. The summed E-state index contributed by atoms with van der Waals surface area (Å²) in [6.07, 6.45) is 7.62. The Morgan fingerprint density at radius 1 is 1.28 bits per heavy atom. The first kappa shape index (κ1) is 13.0. The molecule has 1 heterocycles. The van der Waals surface area contributed by atoms with Crippen LogP contribution < -0.4 is 4.90 Å². The van der Waals surface area contributed by atoms with Crippen molar-refractivity contribution in [2.75, 3.05) is 32.6 Å². The molecule has 1 saturated carbocycles. The summed E-state index contributed by atoms with van der Waals surface area (Å²) in [5.41, 5.74) is 0.764. The normalized spacial score (nSPS) is 17.3. The van der Waals surface area contributed by atoms with Gasteiger partial charge in [-0.3, -0.25) is 4.79 Å². The molecule has 1 fully saturated rings. The van der Waals surface area contributed by atoms with Gasteiger partial charge in [0.1, 0.15) is 0 Å². The van der Waals surface area contributed by atoms with Crippen molar-refractivity contribution in [3.63, 3.8) is 0 Å². The van der Waals surface area contributed by atoms with Gasteiger partial charge < -0.3 is 9.80 Å². The zero-order chi connectivity index (χ0) is 13.2. The van der Waals surface area contributed by atoms with Gasteiger partial charge in [-0.25, -0.2) is 9.97 Å². The first-order valence-electron chi connectivity index (χ1n) is 6.23. The van der Waals surface area contributed by atoms with Crippen LogP contribution in [0.15, 0.2) is 12.4 Å². The van der Waals surface area contributed by atoms with Crippen LogP contribution in [0.2, 0.25) is 0 Å². The molecule has 0 N–H and O–H groups in total. The lowest BCUT2D eigenvalue weighted by molar-refractivity contribution is 0.0680. The van der Waals surface area contributed by atoms with Gasteiger partial charge in [-0.15, -0.1) is 0 Å². The summed E-state index contributed by atoms with van der Waals surface area (Å²) in [5, 5.41) is 0. The van der Waals surface area contributed by atoms with E-state index in [1.165, 1.54) is 19.3 Å². The van der Waals surface area contributed by atoms with E-state index in [9.17, 15) is 4.79 Å². The molecular formula is C13H20N4O. The summed E-state index contributed by atoms with van der Waals surface area (Å²) in [6, 6.07) is 0. The van der Waals surface area contributed by atoms with Gasteiger partial charge in [0.05, 0.1) is 5.56 Å². The molecule has 2 rings (SSSR count). The fourth-order valence-electron chi connectivity index (χ4n) is 2.43. The minimum atomic E-state index is 0.251. The maximum Gasteiger partial charge on any atom is 0.225 e. The van der Waals surface area contributed by atoms with E-state index in [0.717, 1.165) is 12.8 Å². The molecule has 1 aromatic rings. The van der Waals surface area contributed by atoms with E-state index >= 15 is 0 Å². The molecule has 0 amide bonds. The Morgan fingerprint density at radius 3 is 2.28 bits per heavy atom. The maximum absolute atomic E-state index is 10.6. The van der Waals surface area contributed by atoms with Crippen molar-refractivity contribution in [3.05, 3.63) is 18.0 Å². The summed E-state index contributed by atoms with van der Waals surface area (Å²) in [7, 11) is 6.26. The van der Waals surface area contributed by atoms with Gasteiger partial charge in [-0.1, -0.05) is 0 Å². The Hall–Kier alpha value is -1.49. The summed E-state index contributed by atoms with van der Waals surface area (Å²) < 4.78 is 0. The second-order valence-electron chi connectivity index (χ2n) is 5.26. The van der Waals surface area contributed by atoms with Gasteiger partial charge in [0, 0.05) is 31.5 Å². The minimum Gasteiger partial charge on any atom is -0.342 e. The van der Waals surface area contributed by atoms with E-state index < -0.39 is 0 Å². The number of aldehydes is 1. The van der Waals surface area contributed by atoms with E-state index in [2.05, 4.69) is 33.9 Å². The molecule has 0 bridgehead atoms. The van der Waals surface area contributed by atoms with Crippen molar-refractivity contribution in [1.29, 1.82) is 0 Å². The number of nitrogens with zero attached hydrogens (tertiary/aromatic N) is 4. The van der Waals surface area contributed by atoms with E-state index in [0.29, 0.717) is 11.5 Å². The van der Waals surface area contributed by atoms with Crippen molar-refractivity contribution in [2.45, 2.75) is 24.8 Å². The number of carbonyl (C=O) groups is 1. The molecule has 5 heteroatoms. The number of carbonyl (C=O) groups excluding carboxylic acids is 1. The van der Waals surface area contributed by atoms with E-state index in [4.69, 9.17) is 0 Å². The van der Waals surface area contributed by atoms with Crippen molar-refractivity contribution >= 4 is 12.2 Å². The molecule has 1 aliphatic rings. The number of rotatable bonds is 5. The van der Waals surface area contributed by atoms with E-state index in [1.54, 1.807) is 12.4 Å². The van der Waals surface area contributed by atoms with Crippen LogP contribution in [0.1, 0.15) is 29.6 Å². The average Bonchev–Trinajstić information content (AvgIpc) is 2.33. The van der Waals surface area contributed by atoms with Crippen LogP contribution in [0.3, 0.4) is 0 Å². The first-order valence-corrected chi connectivity index (χ1v) is 6.23. The molecule has 0 radical (unpaired) electrons.